The van der Waals surface area contributed by atoms with Crippen molar-refractivity contribution in [2.75, 3.05) is 11.4 Å². The quantitative estimate of drug-likeness (QED) is 0.690. The van der Waals surface area contributed by atoms with Crippen molar-refractivity contribution in [1.29, 1.82) is 0 Å². The third-order valence-electron chi connectivity index (χ3n) is 5.20. The predicted molar refractivity (Wildman–Crippen MR) is 105 cm³/mol. The molecule has 1 atom stereocenters. The maximum absolute atomic E-state index is 12.6. The summed E-state index contributed by atoms with van der Waals surface area (Å²) in [5, 5.41) is 4.16. The molecule has 0 N–H and O–H groups in total. The number of rotatable bonds is 3. The molecule has 1 aliphatic heterocycles. The SMILES string of the molecule is Cc1cc(C)cc(N2CC(c3noc(-c4ccc(C)c(C)c4)n3)CC2=O)c1. The third kappa shape index (κ3) is 3.37. The van der Waals surface area contributed by atoms with Crippen molar-refractivity contribution in [3.05, 3.63) is 64.5 Å². The largest absolute Gasteiger partial charge is 0.334 e. The molecule has 3 aromatic rings. The van der Waals surface area contributed by atoms with Crippen molar-refractivity contribution in [1.82, 2.24) is 10.1 Å². The van der Waals surface area contributed by atoms with Gasteiger partial charge in [-0.3, -0.25) is 4.79 Å². The van der Waals surface area contributed by atoms with Crippen LogP contribution in [0.15, 0.2) is 40.9 Å². The van der Waals surface area contributed by atoms with Crippen LogP contribution in [0.3, 0.4) is 0 Å². The Balaban J connectivity index is 1.57. The highest BCUT2D eigenvalue weighted by Crippen LogP contribution is 2.32. The van der Waals surface area contributed by atoms with Crippen molar-refractivity contribution in [3.63, 3.8) is 0 Å². The van der Waals surface area contributed by atoms with E-state index in [1.807, 2.05) is 43.0 Å². The summed E-state index contributed by atoms with van der Waals surface area (Å²) >= 11 is 0. The van der Waals surface area contributed by atoms with Gasteiger partial charge >= 0.3 is 0 Å². The smallest absolute Gasteiger partial charge is 0.257 e. The van der Waals surface area contributed by atoms with Gasteiger partial charge in [0.05, 0.1) is 0 Å². The molecule has 2 heterocycles. The minimum Gasteiger partial charge on any atom is -0.334 e. The first kappa shape index (κ1) is 17.5. The predicted octanol–water partition coefficient (Wildman–Crippen LogP) is 4.49. The van der Waals surface area contributed by atoms with Gasteiger partial charge < -0.3 is 9.42 Å². The molecule has 2 aromatic carbocycles. The topological polar surface area (TPSA) is 59.2 Å². The van der Waals surface area contributed by atoms with E-state index in [4.69, 9.17) is 4.52 Å². The van der Waals surface area contributed by atoms with Crippen LogP contribution in [0.1, 0.15) is 40.4 Å². The van der Waals surface area contributed by atoms with Gasteiger partial charge in [0.2, 0.25) is 5.91 Å². The highest BCUT2D eigenvalue weighted by Gasteiger charge is 2.34. The molecule has 27 heavy (non-hydrogen) atoms. The number of carbonyl (C=O) groups is 1. The van der Waals surface area contributed by atoms with E-state index in [9.17, 15) is 4.79 Å². The summed E-state index contributed by atoms with van der Waals surface area (Å²) in [7, 11) is 0. The number of hydrogen-bond donors (Lipinski definition) is 0. The second kappa shape index (κ2) is 6.65. The Morgan fingerprint density at radius 2 is 1.74 bits per heavy atom. The van der Waals surface area contributed by atoms with Gasteiger partial charge in [-0.1, -0.05) is 17.3 Å². The fraction of sp³-hybridized carbons (Fsp3) is 0.318. The van der Waals surface area contributed by atoms with Crippen LogP contribution in [0.2, 0.25) is 0 Å². The van der Waals surface area contributed by atoms with Gasteiger partial charge in [-0.05, 0) is 74.2 Å². The van der Waals surface area contributed by atoms with Crippen LogP contribution in [0.5, 0.6) is 0 Å². The van der Waals surface area contributed by atoms with Crippen molar-refractivity contribution in [3.8, 4) is 11.5 Å². The molecule has 1 saturated heterocycles. The summed E-state index contributed by atoms with van der Waals surface area (Å²) in [6.45, 7) is 8.80. The Kier molecular flexibility index (Phi) is 4.30. The number of nitrogens with zero attached hydrogens (tertiary/aromatic N) is 3. The molecule has 0 spiro atoms. The molecule has 0 saturated carbocycles. The summed E-state index contributed by atoms with van der Waals surface area (Å²) in [6.07, 6.45) is 0.402. The van der Waals surface area contributed by atoms with Gasteiger partial charge in [-0.2, -0.15) is 4.98 Å². The summed E-state index contributed by atoms with van der Waals surface area (Å²) in [4.78, 5) is 19.0. The molecule has 1 amide bonds. The molecule has 5 nitrogen and oxygen atoms in total. The molecule has 5 heteroatoms. The van der Waals surface area contributed by atoms with E-state index in [0.717, 1.165) is 22.4 Å². The number of amides is 1. The average Bonchev–Trinajstić information content (AvgIpc) is 3.23. The Labute approximate surface area is 159 Å². The molecule has 1 aliphatic rings. The number of benzene rings is 2. The van der Waals surface area contributed by atoms with E-state index >= 15 is 0 Å². The molecule has 0 aliphatic carbocycles. The van der Waals surface area contributed by atoms with Gasteiger partial charge in [0.1, 0.15) is 0 Å². The Bertz CT molecular complexity index is 1000. The maximum atomic E-state index is 12.6. The highest BCUT2D eigenvalue weighted by atomic mass is 16.5. The zero-order valence-electron chi connectivity index (χ0n) is 16.1. The minimum atomic E-state index is -0.0534. The lowest BCUT2D eigenvalue weighted by atomic mass is 10.1. The lowest BCUT2D eigenvalue weighted by Crippen LogP contribution is -2.24. The van der Waals surface area contributed by atoms with Crippen LogP contribution in [-0.2, 0) is 4.79 Å². The summed E-state index contributed by atoms with van der Waals surface area (Å²) < 4.78 is 5.48. The van der Waals surface area contributed by atoms with Gasteiger partial charge in [0.15, 0.2) is 5.82 Å². The zero-order chi connectivity index (χ0) is 19.1. The number of carbonyl (C=O) groups excluding carboxylic acids is 1. The normalized spacial score (nSPS) is 17.0. The van der Waals surface area contributed by atoms with E-state index < -0.39 is 0 Å². The Morgan fingerprint density at radius 1 is 1.00 bits per heavy atom. The maximum Gasteiger partial charge on any atom is 0.257 e. The van der Waals surface area contributed by atoms with Crippen LogP contribution in [0, 0.1) is 27.7 Å². The standard InChI is InChI=1S/C22H23N3O2/c1-13-7-14(2)9-19(8-13)25-12-18(11-20(25)26)21-23-22(27-24-21)17-6-5-15(3)16(4)10-17/h5-10,18H,11-12H2,1-4H3. The van der Waals surface area contributed by atoms with Crippen molar-refractivity contribution < 1.29 is 9.32 Å². The van der Waals surface area contributed by atoms with E-state index in [1.165, 1.54) is 11.1 Å². The number of hydrogen-bond acceptors (Lipinski definition) is 4. The van der Waals surface area contributed by atoms with Gasteiger partial charge in [0, 0.05) is 30.1 Å². The van der Waals surface area contributed by atoms with Crippen molar-refractivity contribution >= 4 is 11.6 Å². The first-order valence-corrected chi connectivity index (χ1v) is 9.20. The molecule has 1 fully saturated rings. The third-order valence-corrected chi connectivity index (χ3v) is 5.20. The van der Waals surface area contributed by atoms with Gasteiger partial charge in [-0.25, -0.2) is 0 Å². The monoisotopic (exact) mass is 361 g/mol. The summed E-state index contributed by atoms with van der Waals surface area (Å²) in [5.74, 6) is 1.15. The number of aromatic nitrogens is 2. The second-order valence-electron chi connectivity index (χ2n) is 7.51. The minimum absolute atomic E-state index is 0.0534. The number of aryl methyl sites for hydroxylation is 4. The molecule has 0 bridgehead atoms. The molecular formula is C22H23N3O2. The first-order valence-electron chi connectivity index (χ1n) is 9.20. The van der Waals surface area contributed by atoms with E-state index in [2.05, 4.69) is 36.1 Å². The molecule has 4 rings (SSSR count). The molecule has 0 radical (unpaired) electrons. The Hall–Kier alpha value is -2.95. The van der Waals surface area contributed by atoms with Crippen LogP contribution < -0.4 is 4.90 Å². The van der Waals surface area contributed by atoms with E-state index in [0.29, 0.717) is 24.7 Å². The Morgan fingerprint density at radius 3 is 2.44 bits per heavy atom. The molecule has 1 unspecified atom stereocenters. The van der Waals surface area contributed by atoms with Crippen molar-refractivity contribution in [2.24, 2.45) is 0 Å². The van der Waals surface area contributed by atoms with Crippen molar-refractivity contribution in [2.45, 2.75) is 40.0 Å². The van der Waals surface area contributed by atoms with Gasteiger partial charge in [-0.15, -0.1) is 0 Å². The summed E-state index contributed by atoms with van der Waals surface area (Å²) in [5.41, 5.74) is 6.56. The molecular weight excluding hydrogens is 338 g/mol. The van der Waals surface area contributed by atoms with E-state index in [-0.39, 0.29) is 11.8 Å². The van der Waals surface area contributed by atoms with Gasteiger partial charge in [0.25, 0.3) is 5.89 Å². The van der Waals surface area contributed by atoms with E-state index in [1.54, 1.807) is 0 Å². The van der Waals surface area contributed by atoms with Crippen LogP contribution >= 0.6 is 0 Å². The zero-order valence-corrected chi connectivity index (χ0v) is 16.1. The average molecular weight is 361 g/mol. The lowest BCUT2D eigenvalue weighted by molar-refractivity contribution is -0.117. The molecule has 138 valence electrons. The fourth-order valence-electron chi connectivity index (χ4n) is 3.63. The van der Waals surface area contributed by atoms with Crippen LogP contribution in [0.4, 0.5) is 5.69 Å². The lowest BCUT2D eigenvalue weighted by Gasteiger charge is -2.17. The van der Waals surface area contributed by atoms with Crippen LogP contribution in [0.25, 0.3) is 11.5 Å². The fourth-order valence-corrected chi connectivity index (χ4v) is 3.63. The highest BCUT2D eigenvalue weighted by molar-refractivity contribution is 5.96. The number of anilines is 1. The summed E-state index contributed by atoms with van der Waals surface area (Å²) in [6, 6.07) is 12.3. The second-order valence-corrected chi connectivity index (χ2v) is 7.51. The first-order chi connectivity index (χ1) is 12.9. The molecule has 1 aromatic heterocycles. The van der Waals surface area contributed by atoms with Crippen LogP contribution in [-0.4, -0.2) is 22.6 Å².